The summed E-state index contributed by atoms with van der Waals surface area (Å²) in [5, 5.41) is 19.8. The molecule has 0 fully saturated rings. The summed E-state index contributed by atoms with van der Waals surface area (Å²) in [5.74, 6) is 0.0943. The predicted octanol–water partition coefficient (Wildman–Crippen LogP) is 3.88. The van der Waals surface area contributed by atoms with E-state index in [1.807, 2.05) is 37.2 Å². The van der Waals surface area contributed by atoms with E-state index in [0.717, 1.165) is 11.1 Å². The lowest BCUT2D eigenvalue weighted by Gasteiger charge is -2.12. The van der Waals surface area contributed by atoms with Gasteiger partial charge < -0.3 is 10.0 Å². The van der Waals surface area contributed by atoms with E-state index in [1.54, 1.807) is 18.3 Å². The second kappa shape index (κ2) is 5.45. The van der Waals surface area contributed by atoms with Crippen molar-refractivity contribution in [3.8, 4) is 5.75 Å². The Hall–Kier alpha value is -2.54. The molecule has 2 heterocycles. The summed E-state index contributed by atoms with van der Waals surface area (Å²) in [6.45, 7) is 0. The van der Waals surface area contributed by atoms with Crippen molar-refractivity contribution < 1.29 is 5.11 Å². The van der Waals surface area contributed by atoms with E-state index in [4.69, 9.17) is 0 Å². The van der Waals surface area contributed by atoms with E-state index in [-0.39, 0.29) is 5.75 Å². The second-order valence-corrected chi connectivity index (χ2v) is 5.38. The first-order chi connectivity index (χ1) is 10.1. The van der Waals surface area contributed by atoms with Gasteiger partial charge in [-0.05, 0) is 35.8 Å². The van der Waals surface area contributed by atoms with Crippen molar-refractivity contribution >= 4 is 38.9 Å². The molecule has 0 unspecified atom stereocenters. The molecule has 0 spiro atoms. The number of fused-ring (bicyclic) bond motifs is 1. The molecule has 3 aromatic rings. The van der Waals surface area contributed by atoms with Crippen LogP contribution in [0.1, 0.15) is 0 Å². The number of phenolic OH excluding ortho intramolecular Hbond substituents is 1. The summed E-state index contributed by atoms with van der Waals surface area (Å²) < 4.78 is 4.20. The van der Waals surface area contributed by atoms with Crippen LogP contribution in [0, 0.1) is 0 Å². The molecule has 1 N–H and O–H groups in total. The van der Waals surface area contributed by atoms with Crippen molar-refractivity contribution in [1.29, 1.82) is 0 Å². The molecule has 0 atom stereocenters. The maximum absolute atomic E-state index is 9.98. The van der Waals surface area contributed by atoms with Gasteiger partial charge in [-0.15, -0.1) is 10.2 Å². The zero-order valence-electron chi connectivity index (χ0n) is 11.6. The Labute approximate surface area is 125 Å². The number of anilines is 1. The monoisotopic (exact) mass is 299 g/mol. The van der Waals surface area contributed by atoms with Gasteiger partial charge in [0, 0.05) is 32.0 Å². The highest BCUT2D eigenvalue weighted by molar-refractivity contribution is 7.11. The lowest BCUT2D eigenvalue weighted by molar-refractivity contribution is 0.476. The predicted molar refractivity (Wildman–Crippen MR) is 84.0 cm³/mol. The number of azo groups is 1. The number of nitrogens with zero attached hydrogens (tertiary/aromatic N) is 5. The molecule has 0 aliphatic rings. The Morgan fingerprint density at radius 1 is 1.19 bits per heavy atom. The number of aromatic hydroxyl groups is 1. The van der Waals surface area contributed by atoms with Crippen molar-refractivity contribution in [2.24, 2.45) is 10.2 Å². The van der Waals surface area contributed by atoms with Gasteiger partial charge in [0.25, 0.3) is 0 Å². The Bertz CT molecular complexity index is 812. The summed E-state index contributed by atoms with van der Waals surface area (Å²) in [6, 6.07) is 8.99. The van der Waals surface area contributed by atoms with Gasteiger partial charge in [-0.25, -0.2) is 4.98 Å². The molecule has 0 radical (unpaired) electrons. The van der Waals surface area contributed by atoms with Gasteiger partial charge in [0.2, 0.25) is 0 Å². The number of phenols is 1. The number of hydrogen-bond donors (Lipinski definition) is 1. The summed E-state index contributed by atoms with van der Waals surface area (Å²) in [7, 11) is 3.82. The van der Waals surface area contributed by atoms with Crippen LogP contribution in [-0.4, -0.2) is 28.6 Å². The Kier molecular flexibility index (Phi) is 3.49. The summed E-state index contributed by atoms with van der Waals surface area (Å²) in [6.07, 6.45) is 1.69. The molecular weight excluding hydrogens is 286 g/mol. The lowest BCUT2D eigenvalue weighted by atomic mass is 10.2. The number of aromatic nitrogens is 2. The van der Waals surface area contributed by atoms with Crippen LogP contribution < -0.4 is 4.90 Å². The van der Waals surface area contributed by atoms with Gasteiger partial charge in [0.05, 0.1) is 5.39 Å². The van der Waals surface area contributed by atoms with E-state index in [0.29, 0.717) is 16.3 Å². The topological polar surface area (TPSA) is 74.0 Å². The van der Waals surface area contributed by atoms with Crippen LogP contribution in [0.2, 0.25) is 0 Å². The minimum absolute atomic E-state index is 0.0943. The quantitative estimate of drug-likeness (QED) is 0.745. The average molecular weight is 299 g/mol. The highest BCUT2D eigenvalue weighted by Crippen LogP contribution is 2.34. The molecule has 2 aromatic heterocycles. The van der Waals surface area contributed by atoms with Crippen molar-refractivity contribution in [3.05, 3.63) is 36.5 Å². The van der Waals surface area contributed by atoms with E-state index in [1.165, 1.54) is 11.5 Å². The Balaban J connectivity index is 1.92. The molecule has 6 nitrogen and oxygen atoms in total. The third-order valence-corrected chi connectivity index (χ3v) is 3.70. The molecule has 3 rings (SSSR count). The zero-order chi connectivity index (χ0) is 14.8. The van der Waals surface area contributed by atoms with Gasteiger partial charge in [0.15, 0.2) is 10.6 Å². The largest absolute Gasteiger partial charge is 0.506 e. The number of benzene rings is 1. The molecule has 0 saturated heterocycles. The summed E-state index contributed by atoms with van der Waals surface area (Å²) >= 11 is 1.23. The Morgan fingerprint density at radius 3 is 2.81 bits per heavy atom. The molecule has 0 aliphatic heterocycles. The highest BCUT2D eigenvalue weighted by atomic mass is 32.1. The van der Waals surface area contributed by atoms with Crippen LogP contribution in [0.3, 0.4) is 0 Å². The van der Waals surface area contributed by atoms with Crippen molar-refractivity contribution in [1.82, 2.24) is 9.36 Å². The number of hydrogen-bond acceptors (Lipinski definition) is 7. The van der Waals surface area contributed by atoms with E-state index in [9.17, 15) is 5.11 Å². The first kappa shape index (κ1) is 13.4. The molecule has 0 saturated carbocycles. The highest BCUT2D eigenvalue weighted by Gasteiger charge is 2.07. The Morgan fingerprint density at radius 2 is 2.05 bits per heavy atom. The van der Waals surface area contributed by atoms with Gasteiger partial charge in [-0.3, -0.25) is 0 Å². The van der Waals surface area contributed by atoms with Gasteiger partial charge in [-0.2, -0.15) is 4.37 Å². The van der Waals surface area contributed by atoms with Crippen molar-refractivity contribution in [3.63, 3.8) is 0 Å². The van der Waals surface area contributed by atoms with Gasteiger partial charge in [0.1, 0.15) is 11.4 Å². The maximum Gasteiger partial charge on any atom is 0.175 e. The molecule has 21 heavy (non-hydrogen) atoms. The normalized spacial score (nSPS) is 11.3. The van der Waals surface area contributed by atoms with Crippen molar-refractivity contribution in [2.45, 2.75) is 0 Å². The van der Waals surface area contributed by atoms with Gasteiger partial charge >= 0.3 is 0 Å². The smallest absolute Gasteiger partial charge is 0.175 e. The van der Waals surface area contributed by atoms with Crippen LogP contribution in [0.25, 0.3) is 11.0 Å². The van der Waals surface area contributed by atoms with E-state index < -0.39 is 0 Å². The SMILES string of the molecule is CN(C)c1ccc(N=Nc2snc3ncccc23)c(O)c1. The van der Waals surface area contributed by atoms with E-state index in [2.05, 4.69) is 19.6 Å². The molecular formula is C14H13N5OS. The zero-order valence-corrected chi connectivity index (χ0v) is 12.4. The number of pyridine rings is 1. The molecule has 0 bridgehead atoms. The second-order valence-electron chi connectivity index (χ2n) is 4.63. The fourth-order valence-corrected chi connectivity index (χ4v) is 2.47. The first-order valence-corrected chi connectivity index (χ1v) is 7.05. The summed E-state index contributed by atoms with van der Waals surface area (Å²) in [4.78, 5) is 6.05. The lowest BCUT2D eigenvalue weighted by Crippen LogP contribution is -2.07. The first-order valence-electron chi connectivity index (χ1n) is 6.27. The van der Waals surface area contributed by atoms with Crippen LogP contribution in [0.15, 0.2) is 46.8 Å². The summed E-state index contributed by atoms with van der Waals surface area (Å²) in [5.41, 5.74) is 1.98. The fraction of sp³-hybridized carbons (Fsp3) is 0.143. The third-order valence-electron chi connectivity index (χ3n) is 2.96. The van der Waals surface area contributed by atoms with Gasteiger partial charge in [-0.1, -0.05) is 0 Å². The maximum atomic E-state index is 9.98. The van der Waals surface area contributed by atoms with E-state index >= 15 is 0 Å². The fourth-order valence-electron chi connectivity index (χ4n) is 1.82. The molecule has 0 aliphatic carbocycles. The standard InChI is InChI=1S/C14H13N5OS/c1-19(2)9-5-6-11(12(20)8-9)16-17-14-10-4-3-7-15-13(10)18-21-14/h3-8,20H,1-2H3. The molecule has 106 valence electrons. The molecule has 7 heteroatoms. The molecule has 0 amide bonds. The third kappa shape index (κ3) is 2.68. The van der Waals surface area contributed by atoms with Crippen LogP contribution >= 0.6 is 11.5 Å². The van der Waals surface area contributed by atoms with Crippen LogP contribution in [-0.2, 0) is 0 Å². The van der Waals surface area contributed by atoms with Crippen LogP contribution in [0.5, 0.6) is 5.75 Å². The number of rotatable bonds is 3. The molecule has 1 aromatic carbocycles. The van der Waals surface area contributed by atoms with Crippen LogP contribution in [0.4, 0.5) is 16.4 Å². The average Bonchev–Trinajstić information content (AvgIpc) is 2.89. The minimum atomic E-state index is 0.0943. The minimum Gasteiger partial charge on any atom is -0.506 e. The van der Waals surface area contributed by atoms with Crippen molar-refractivity contribution in [2.75, 3.05) is 19.0 Å².